The third-order valence-corrected chi connectivity index (χ3v) is 5.60. The van der Waals surface area contributed by atoms with Crippen LogP contribution < -0.4 is 15.4 Å². The topological polar surface area (TPSA) is 104 Å². The molecule has 0 bridgehead atoms. The summed E-state index contributed by atoms with van der Waals surface area (Å²) in [6.45, 7) is 0. The lowest BCUT2D eigenvalue weighted by Gasteiger charge is -2.12. The number of benzene rings is 2. The van der Waals surface area contributed by atoms with E-state index in [0.717, 1.165) is 4.90 Å². The summed E-state index contributed by atoms with van der Waals surface area (Å²) in [6.07, 6.45) is 1.59. The van der Waals surface area contributed by atoms with Gasteiger partial charge in [0.2, 0.25) is 11.8 Å². The summed E-state index contributed by atoms with van der Waals surface area (Å²) in [6, 6.07) is 11.2. The van der Waals surface area contributed by atoms with Gasteiger partial charge < -0.3 is 10.6 Å². The van der Waals surface area contributed by atoms with E-state index in [1.165, 1.54) is 30.0 Å². The Labute approximate surface area is 149 Å². The second-order valence-corrected chi connectivity index (χ2v) is 7.88. The molecule has 0 saturated carbocycles. The number of rotatable bonds is 4. The summed E-state index contributed by atoms with van der Waals surface area (Å²) in [5.41, 5.74) is 1.05. The van der Waals surface area contributed by atoms with Gasteiger partial charge in [-0.2, -0.15) is 0 Å². The van der Waals surface area contributed by atoms with Gasteiger partial charge in [-0.25, -0.2) is 8.42 Å². The average Bonchev–Trinajstić information content (AvgIpc) is 2.70. The van der Waals surface area contributed by atoms with Crippen molar-refractivity contribution in [2.45, 2.75) is 16.2 Å². The number of anilines is 3. The highest BCUT2D eigenvalue weighted by molar-refractivity contribution is 7.98. The van der Waals surface area contributed by atoms with Crippen LogP contribution in [0.2, 0.25) is 0 Å². The van der Waals surface area contributed by atoms with E-state index in [0.29, 0.717) is 11.4 Å². The van der Waals surface area contributed by atoms with Crippen LogP contribution in [0.5, 0.6) is 0 Å². The summed E-state index contributed by atoms with van der Waals surface area (Å²) in [5.74, 6) is -0.940. The second-order valence-electron chi connectivity index (χ2n) is 5.32. The Kier molecular flexibility index (Phi) is 4.69. The molecule has 2 aromatic carbocycles. The molecule has 9 heteroatoms. The van der Waals surface area contributed by atoms with Gasteiger partial charge in [0.25, 0.3) is 10.0 Å². The van der Waals surface area contributed by atoms with E-state index in [2.05, 4.69) is 15.4 Å². The van der Waals surface area contributed by atoms with Crippen LogP contribution in [0.4, 0.5) is 17.1 Å². The summed E-state index contributed by atoms with van der Waals surface area (Å²) in [7, 11) is -3.84. The van der Waals surface area contributed by atoms with Crippen LogP contribution in [0.3, 0.4) is 0 Å². The Hall–Kier alpha value is -2.52. The van der Waals surface area contributed by atoms with Crippen LogP contribution in [0.1, 0.15) is 6.42 Å². The summed E-state index contributed by atoms with van der Waals surface area (Å²) >= 11 is 1.50. The number of sulfonamides is 1. The molecule has 0 unspecified atom stereocenters. The zero-order chi connectivity index (χ0) is 18.0. The van der Waals surface area contributed by atoms with Gasteiger partial charge >= 0.3 is 0 Å². The second kappa shape index (κ2) is 6.77. The number of carbonyl (C=O) groups excluding carboxylic acids is 2. The first-order valence-electron chi connectivity index (χ1n) is 7.28. The minimum absolute atomic E-state index is 0.0164. The molecule has 0 aromatic heterocycles. The lowest BCUT2D eigenvalue weighted by atomic mass is 10.2. The van der Waals surface area contributed by atoms with Crippen molar-refractivity contribution in [2.24, 2.45) is 0 Å². The van der Waals surface area contributed by atoms with Crippen molar-refractivity contribution in [3.8, 4) is 0 Å². The minimum Gasteiger partial charge on any atom is -0.324 e. The van der Waals surface area contributed by atoms with Crippen LogP contribution in [0.25, 0.3) is 0 Å². The molecule has 1 aliphatic rings. The van der Waals surface area contributed by atoms with Crippen LogP contribution >= 0.6 is 11.8 Å². The monoisotopic (exact) mass is 377 g/mol. The summed E-state index contributed by atoms with van der Waals surface area (Å²) in [5, 5.41) is 5.09. The number of amides is 2. The number of hydrogen-bond acceptors (Lipinski definition) is 5. The molecule has 0 spiro atoms. The molecule has 130 valence electrons. The van der Waals surface area contributed by atoms with Gasteiger partial charge in [0, 0.05) is 10.6 Å². The Morgan fingerprint density at radius 1 is 1.00 bits per heavy atom. The van der Waals surface area contributed by atoms with E-state index in [9.17, 15) is 18.0 Å². The first-order chi connectivity index (χ1) is 11.9. The highest BCUT2D eigenvalue weighted by atomic mass is 32.2. The fourth-order valence-electron chi connectivity index (χ4n) is 2.34. The lowest BCUT2D eigenvalue weighted by Crippen LogP contribution is -2.16. The first kappa shape index (κ1) is 17.3. The van der Waals surface area contributed by atoms with E-state index < -0.39 is 21.8 Å². The van der Waals surface area contributed by atoms with Crippen LogP contribution in [0.15, 0.2) is 52.3 Å². The molecular formula is C16H15N3O4S2. The highest BCUT2D eigenvalue weighted by Crippen LogP contribution is 2.29. The largest absolute Gasteiger partial charge is 0.324 e. The van der Waals surface area contributed by atoms with Gasteiger partial charge in [-0.15, -0.1) is 11.8 Å². The minimum atomic E-state index is -3.84. The number of fused-ring (bicyclic) bond motifs is 1. The lowest BCUT2D eigenvalue weighted by molar-refractivity contribution is -0.123. The standard InChI is InChI=1S/C16H15N3O4S2/c1-24-11-4-2-3-10(7-11)19-25(22,23)12-5-6-13-14(8-12)18-16(21)9-15(20)17-13/h2-8,19H,9H2,1H3,(H,17,20)(H,18,21). The molecule has 25 heavy (non-hydrogen) atoms. The molecule has 1 aliphatic heterocycles. The number of hydrogen-bond donors (Lipinski definition) is 3. The highest BCUT2D eigenvalue weighted by Gasteiger charge is 2.21. The maximum atomic E-state index is 12.6. The van der Waals surface area contributed by atoms with Gasteiger partial charge in [0.1, 0.15) is 6.42 Å². The van der Waals surface area contributed by atoms with Crippen molar-refractivity contribution in [1.29, 1.82) is 0 Å². The van der Waals surface area contributed by atoms with Crippen molar-refractivity contribution >= 4 is 50.7 Å². The first-order valence-corrected chi connectivity index (χ1v) is 9.99. The SMILES string of the molecule is CSc1cccc(NS(=O)(=O)c2ccc3c(c2)NC(=O)CC(=O)N3)c1. The Bertz CT molecular complexity index is 958. The Morgan fingerprint density at radius 2 is 1.72 bits per heavy atom. The maximum absolute atomic E-state index is 12.6. The molecule has 2 aromatic rings. The number of thioether (sulfide) groups is 1. The molecule has 0 fully saturated rings. The fourth-order valence-corrected chi connectivity index (χ4v) is 3.87. The number of nitrogens with one attached hydrogen (secondary N) is 3. The zero-order valence-electron chi connectivity index (χ0n) is 13.2. The van der Waals surface area contributed by atoms with Crippen molar-refractivity contribution in [3.05, 3.63) is 42.5 Å². The van der Waals surface area contributed by atoms with Crippen molar-refractivity contribution in [3.63, 3.8) is 0 Å². The van der Waals surface area contributed by atoms with Gasteiger partial charge in [0.05, 0.1) is 16.3 Å². The van der Waals surface area contributed by atoms with Crippen LogP contribution in [-0.2, 0) is 19.6 Å². The quantitative estimate of drug-likeness (QED) is 0.561. The van der Waals surface area contributed by atoms with Gasteiger partial charge in [-0.1, -0.05) is 6.07 Å². The van der Waals surface area contributed by atoms with Crippen molar-refractivity contribution < 1.29 is 18.0 Å². The van der Waals surface area contributed by atoms with E-state index in [4.69, 9.17) is 0 Å². The Morgan fingerprint density at radius 3 is 2.44 bits per heavy atom. The third-order valence-electron chi connectivity index (χ3n) is 3.49. The van der Waals surface area contributed by atoms with Crippen molar-refractivity contribution in [2.75, 3.05) is 21.6 Å². The molecule has 0 saturated heterocycles. The van der Waals surface area contributed by atoms with E-state index >= 15 is 0 Å². The summed E-state index contributed by atoms with van der Waals surface area (Å²) < 4.78 is 27.7. The maximum Gasteiger partial charge on any atom is 0.261 e. The molecule has 7 nitrogen and oxygen atoms in total. The molecule has 3 rings (SSSR count). The average molecular weight is 377 g/mol. The normalized spacial score (nSPS) is 14.1. The van der Waals surface area contributed by atoms with Crippen LogP contribution in [-0.4, -0.2) is 26.5 Å². The van der Waals surface area contributed by atoms with Crippen molar-refractivity contribution in [1.82, 2.24) is 0 Å². The molecule has 0 aliphatic carbocycles. The summed E-state index contributed by atoms with van der Waals surface area (Å²) in [4.78, 5) is 24.1. The van der Waals surface area contributed by atoms with Gasteiger partial charge in [-0.3, -0.25) is 14.3 Å². The molecule has 3 N–H and O–H groups in total. The fraction of sp³-hybridized carbons (Fsp3) is 0.125. The van der Waals surface area contributed by atoms with Crippen LogP contribution in [0, 0.1) is 0 Å². The van der Waals surface area contributed by atoms with E-state index in [1.807, 2.05) is 12.3 Å². The predicted molar refractivity (Wildman–Crippen MR) is 97.3 cm³/mol. The molecule has 0 atom stereocenters. The Balaban J connectivity index is 1.92. The molecular weight excluding hydrogens is 362 g/mol. The zero-order valence-corrected chi connectivity index (χ0v) is 14.8. The van der Waals surface area contributed by atoms with Gasteiger partial charge in [0.15, 0.2) is 0 Å². The number of carbonyl (C=O) groups is 2. The predicted octanol–water partition coefficient (Wildman–Crippen LogP) is 2.49. The van der Waals surface area contributed by atoms with E-state index in [1.54, 1.807) is 18.2 Å². The van der Waals surface area contributed by atoms with E-state index in [-0.39, 0.29) is 17.0 Å². The third kappa shape index (κ3) is 3.94. The molecule has 1 heterocycles. The molecule has 2 amide bonds. The van der Waals surface area contributed by atoms with Gasteiger partial charge in [-0.05, 0) is 42.7 Å². The molecule has 0 radical (unpaired) electrons. The smallest absolute Gasteiger partial charge is 0.261 e.